The number of nitrogens with zero attached hydrogens (tertiary/aromatic N) is 1. The van der Waals surface area contributed by atoms with Gasteiger partial charge < -0.3 is 19.5 Å². The molecule has 0 heterocycles. The first kappa shape index (κ1) is 13.2. The normalized spacial score (nSPS) is 9.59. The number of ether oxygens (including phenoxy) is 2. The van der Waals surface area contributed by atoms with Crippen molar-refractivity contribution in [1.82, 2.24) is 4.90 Å². The molecule has 0 saturated heterocycles. The number of esters is 1. The van der Waals surface area contributed by atoms with Crippen molar-refractivity contribution in [1.29, 1.82) is 0 Å². The van der Waals surface area contributed by atoms with Crippen molar-refractivity contribution in [2.24, 2.45) is 0 Å². The molecule has 1 aromatic carbocycles. The second-order valence-corrected chi connectivity index (χ2v) is 3.75. The van der Waals surface area contributed by atoms with Crippen LogP contribution in [-0.4, -0.2) is 42.4 Å². The first-order valence-corrected chi connectivity index (χ1v) is 5.17. The molecule has 1 rings (SSSR count). The van der Waals surface area contributed by atoms with E-state index in [4.69, 9.17) is 17.0 Å². The molecule has 0 unspecified atom stereocenters. The van der Waals surface area contributed by atoms with Crippen molar-refractivity contribution >= 4 is 23.4 Å². The largest absolute Gasteiger partial charge is 0.507 e. The predicted molar refractivity (Wildman–Crippen MR) is 66.4 cm³/mol. The maximum absolute atomic E-state index is 11.5. The lowest BCUT2D eigenvalue weighted by Crippen LogP contribution is -2.25. The van der Waals surface area contributed by atoms with Crippen LogP contribution < -0.4 is 4.74 Å². The van der Waals surface area contributed by atoms with E-state index in [1.807, 2.05) is 0 Å². The number of hydrogen-bond donors (Lipinski definition) is 1. The van der Waals surface area contributed by atoms with Crippen LogP contribution in [0.3, 0.4) is 0 Å². The third-order valence-electron chi connectivity index (χ3n) is 1.96. The number of phenolic OH excluding ortho intramolecular Hbond substituents is 1. The molecule has 0 spiro atoms. The molecule has 17 heavy (non-hydrogen) atoms. The number of carbonyl (C=O) groups is 1. The van der Waals surface area contributed by atoms with E-state index in [0.717, 1.165) is 0 Å². The Kier molecular flexibility index (Phi) is 4.28. The summed E-state index contributed by atoms with van der Waals surface area (Å²) in [5.41, 5.74) is -0.0424. The molecule has 0 radical (unpaired) electrons. The van der Waals surface area contributed by atoms with E-state index in [0.29, 0.717) is 0 Å². The van der Waals surface area contributed by atoms with Crippen LogP contribution in [0.5, 0.6) is 11.5 Å². The summed E-state index contributed by atoms with van der Waals surface area (Å²) in [6.45, 7) is 0. The number of benzene rings is 1. The van der Waals surface area contributed by atoms with Gasteiger partial charge in [0.25, 0.3) is 5.17 Å². The molecule has 0 aliphatic rings. The highest BCUT2D eigenvalue weighted by Gasteiger charge is 2.19. The van der Waals surface area contributed by atoms with Crippen LogP contribution in [0, 0.1) is 0 Å². The first-order chi connectivity index (χ1) is 7.97. The van der Waals surface area contributed by atoms with Gasteiger partial charge in [-0.3, -0.25) is 0 Å². The van der Waals surface area contributed by atoms with Gasteiger partial charge in [0.2, 0.25) is 0 Å². The minimum absolute atomic E-state index is 0.0424. The third-order valence-corrected chi connectivity index (χ3v) is 2.40. The van der Waals surface area contributed by atoms with Gasteiger partial charge in [0, 0.05) is 14.1 Å². The number of aromatic hydroxyl groups is 1. The molecule has 0 aliphatic carbocycles. The fourth-order valence-corrected chi connectivity index (χ4v) is 1.19. The SMILES string of the molecule is COC(=O)c1c(O)cccc1OC(=S)N(C)C. The van der Waals surface area contributed by atoms with E-state index in [9.17, 15) is 9.90 Å². The van der Waals surface area contributed by atoms with Gasteiger partial charge in [-0.2, -0.15) is 0 Å². The van der Waals surface area contributed by atoms with Gasteiger partial charge in [-0.25, -0.2) is 4.79 Å². The number of carbonyl (C=O) groups excluding carboxylic acids is 1. The molecular formula is C11H13NO4S. The van der Waals surface area contributed by atoms with Crippen molar-refractivity contribution in [3.05, 3.63) is 23.8 Å². The van der Waals surface area contributed by atoms with Gasteiger partial charge in [-0.05, 0) is 24.4 Å². The molecule has 6 heteroatoms. The number of hydrogen-bond acceptors (Lipinski definition) is 5. The minimum atomic E-state index is -0.681. The van der Waals surface area contributed by atoms with Gasteiger partial charge in [-0.15, -0.1) is 0 Å². The molecule has 0 atom stereocenters. The molecule has 0 aliphatic heterocycles. The van der Waals surface area contributed by atoms with Crippen molar-refractivity contribution < 1.29 is 19.4 Å². The smallest absolute Gasteiger partial charge is 0.345 e. The van der Waals surface area contributed by atoms with E-state index < -0.39 is 5.97 Å². The fraction of sp³-hybridized carbons (Fsp3) is 0.273. The Labute approximate surface area is 105 Å². The lowest BCUT2D eigenvalue weighted by Gasteiger charge is -2.16. The van der Waals surface area contributed by atoms with Gasteiger partial charge in [-0.1, -0.05) is 6.07 Å². The fourth-order valence-electron chi connectivity index (χ4n) is 1.10. The summed E-state index contributed by atoms with van der Waals surface area (Å²) < 4.78 is 9.87. The highest BCUT2D eigenvalue weighted by Crippen LogP contribution is 2.28. The zero-order valence-corrected chi connectivity index (χ0v) is 10.6. The summed E-state index contributed by atoms with van der Waals surface area (Å²) in [5.74, 6) is -0.730. The Balaban J connectivity index is 3.11. The van der Waals surface area contributed by atoms with E-state index in [2.05, 4.69) is 4.74 Å². The molecule has 1 aromatic rings. The Morgan fingerprint density at radius 2 is 2.06 bits per heavy atom. The molecule has 0 amide bonds. The quantitative estimate of drug-likeness (QED) is 0.637. The number of methoxy groups -OCH3 is 1. The average Bonchev–Trinajstić information content (AvgIpc) is 2.28. The van der Waals surface area contributed by atoms with Gasteiger partial charge in [0.05, 0.1) is 7.11 Å². The maximum atomic E-state index is 11.5. The summed E-state index contributed by atoms with van der Waals surface area (Å²) in [7, 11) is 4.65. The van der Waals surface area contributed by atoms with Crippen molar-refractivity contribution in [3.63, 3.8) is 0 Å². The van der Waals surface area contributed by atoms with E-state index in [1.165, 1.54) is 19.2 Å². The van der Waals surface area contributed by atoms with E-state index in [1.54, 1.807) is 25.1 Å². The average molecular weight is 255 g/mol. The van der Waals surface area contributed by atoms with Crippen LogP contribution in [0.25, 0.3) is 0 Å². The van der Waals surface area contributed by atoms with E-state index in [-0.39, 0.29) is 22.2 Å². The van der Waals surface area contributed by atoms with Gasteiger partial charge >= 0.3 is 5.97 Å². The summed E-state index contributed by atoms with van der Waals surface area (Å²) in [4.78, 5) is 13.1. The molecule has 0 fully saturated rings. The number of rotatable bonds is 2. The van der Waals surface area contributed by atoms with Crippen LogP contribution >= 0.6 is 12.2 Å². The van der Waals surface area contributed by atoms with Crippen molar-refractivity contribution in [2.45, 2.75) is 0 Å². The third kappa shape index (κ3) is 3.07. The van der Waals surface area contributed by atoms with Crippen molar-refractivity contribution in [2.75, 3.05) is 21.2 Å². The van der Waals surface area contributed by atoms with E-state index >= 15 is 0 Å². The molecule has 0 bridgehead atoms. The maximum Gasteiger partial charge on any atom is 0.345 e. The Bertz CT molecular complexity index is 445. The Morgan fingerprint density at radius 1 is 1.41 bits per heavy atom. The molecule has 0 saturated carbocycles. The first-order valence-electron chi connectivity index (χ1n) is 4.76. The monoisotopic (exact) mass is 255 g/mol. The highest BCUT2D eigenvalue weighted by molar-refractivity contribution is 7.80. The zero-order chi connectivity index (χ0) is 13.0. The Morgan fingerprint density at radius 3 is 2.59 bits per heavy atom. The molecule has 0 aromatic heterocycles. The van der Waals surface area contributed by atoms with Gasteiger partial charge in [0.1, 0.15) is 17.1 Å². The lowest BCUT2D eigenvalue weighted by atomic mass is 10.2. The number of thiocarbonyl (C=S) groups is 1. The molecule has 1 N–H and O–H groups in total. The Hall–Kier alpha value is -1.82. The summed E-state index contributed by atoms with van der Waals surface area (Å²) in [6.07, 6.45) is 0. The topological polar surface area (TPSA) is 59.0 Å². The van der Waals surface area contributed by atoms with Crippen LogP contribution in [0.1, 0.15) is 10.4 Å². The van der Waals surface area contributed by atoms with Crippen LogP contribution in [0.2, 0.25) is 0 Å². The minimum Gasteiger partial charge on any atom is -0.507 e. The van der Waals surface area contributed by atoms with Gasteiger partial charge in [0.15, 0.2) is 0 Å². The zero-order valence-electron chi connectivity index (χ0n) is 9.76. The predicted octanol–water partition coefficient (Wildman–Crippen LogP) is 1.40. The molecule has 5 nitrogen and oxygen atoms in total. The molecule has 92 valence electrons. The number of phenols is 1. The summed E-state index contributed by atoms with van der Waals surface area (Å²) in [5, 5.41) is 9.79. The second-order valence-electron chi connectivity index (χ2n) is 3.40. The van der Waals surface area contributed by atoms with Crippen molar-refractivity contribution in [3.8, 4) is 11.5 Å². The molecular weight excluding hydrogens is 242 g/mol. The lowest BCUT2D eigenvalue weighted by molar-refractivity contribution is 0.0595. The summed E-state index contributed by atoms with van der Waals surface area (Å²) >= 11 is 4.96. The summed E-state index contributed by atoms with van der Waals surface area (Å²) in [6, 6.07) is 4.45. The van der Waals surface area contributed by atoms with Crippen LogP contribution in [0.15, 0.2) is 18.2 Å². The standard InChI is InChI=1S/C11H13NO4S/c1-12(2)11(17)16-8-6-4-5-7(13)9(8)10(14)15-3/h4-6,13H,1-3H3. The highest BCUT2D eigenvalue weighted by atomic mass is 32.1. The van der Waals surface area contributed by atoms with Crippen LogP contribution in [-0.2, 0) is 4.74 Å². The second kappa shape index (κ2) is 5.49. The van der Waals surface area contributed by atoms with Crippen LogP contribution in [0.4, 0.5) is 0 Å².